The Morgan fingerprint density at radius 1 is 0.938 bits per heavy atom. The summed E-state index contributed by atoms with van der Waals surface area (Å²) in [5, 5.41) is 18.2. The standard InChI is InChI=1S/C23H24N6O2S/c1-2-17-7-6-10-19(15-17)29-22(28-11-13-30-14-12-28)26-27-23(29)32-16-20-24-25-21(31-20)18-8-4-3-5-9-18/h3-10,15H,2,11-14,16H2,1H3. The van der Waals surface area contributed by atoms with Crippen molar-refractivity contribution in [3.63, 3.8) is 0 Å². The molecule has 0 saturated carbocycles. The second-order valence-corrected chi connectivity index (χ2v) is 8.34. The van der Waals surface area contributed by atoms with Gasteiger partial charge in [-0.05, 0) is 36.2 Å². The molecule has 0 spiro atoms. The molecule has 1 fully saturated rings. The molecule has 1 aliphatic rings. The Balaban J connectivity index is 1.42. The first-order valence-electron chi connectivity index (χ1n) is 10.7. The van der Waals surface area contributed by atoms with E-state index in [9.17, 15) is 0 Å². The predicted octanol–water partition coefficient (Wildman–Crippen LogP) is 4.01. The van der Waals surface area contributed by atoms with Crippen molar-refractivity contribution in [1.82, 2.24) is 25.0 Å². The van der Waals surface area contributed by atoms with Gasteiger partial charge in [-0.3, -0.25) is 4.57 Å². The molecular weight excluding hydrogens is 424 g/mol. The Bertz CT molecular complexity index is 1170. The molecule has 0 aliphatic carbocycles. The van der Waals surface area contributed by atoms with Gasteiger partial charge in [0.1, 0.15) is 0 Å². The molecule has 0 unspecified atom stereocenters. The van der Waals surface area contributed by atoms with E-state index in [1.165, 1.54) is 17.3 Å². The van der Waals surface area contributed by atoms with Crippen molar-refractivity contribution in [1.29, 1.82) is 0 Å². The predicted molar refractivity (Wildman–Crippen MR) is 123 cm³/mol. The van der Waals surface area contributed by atoms with Crippen LogP contribution in [0.15, 0.2) is 64.2 Å². The normalized spacial score (nSPS) is 14.1. The minimum atomic E-state index is 0.508. The Labute approximate surface area is 190 Å². The monoisotopic (exact) mass is 448 g/mol. The maximum Gasteiger partial charge on any atom is 0.247 e. The third-order valence-corrected chi connectivity index (χ3v) is 6.21. The molecule has 1 saturated heterocycles. The number of rotatable bonds is 7. The molecule has 9 heteroatoms. The lowest BCUT2D eigenvalue weighted by Crippen LogP contribution is -2.37. The average molecular weight is 449 g/mol. The zero-order valence-corrected chi connectivity index (χ0v) is 18.7. The lowest BCUT2D eigenvalue weighted by atomic mass is 10.1. The average Bonchev–Trinajstić information content (AvgIpc) is 3.51. The fourth-order valence-corrected chi connectivity index (χ4v) is 4.38. The van der Waals surface area contributed by atoms with Crippen LogP contribution in [0.5, 0.6) is 0 Å². The first-order valence-corrected chi connectivity index (χ1v) is 11.7. The summed E-state index contributed by atoms with van der Waals surface area (Å²) in [4.78, 5) is 2.22. The molecule has 0 radical (unpaired) electrons. The quantitative estimate of drug-likeness (QED) is 0.392. The molecule has 0 bridgehead atoms. The van der Waals surface area contributed by atoms with Crippen molar-refractivity contribution in [2.45, 2.75) is 24.3 Å². The first-order chi connectivity index (χ1) is 15.8. The summed E-state index contributed by atoms with van der Waals surface area (Å²) in [6, 6.07) is 18.3. The highest BCUT2D eigenvalue weighted by Crippen LogP contribution is 2.30. The van der Waals surface area contributed by atoms with E-state index in [0.717, 1.165) is 41.9 Å². The van der Waals surface area contributed by atoms with Gasteiger partial charge in [0, 0.05) is 18.7 Å². The second-order valence-electron chi connectivity index (χ2n) is 7.40. The van der Waals surface area contributed by atoms with E-state index in [0.29, 0.717) is 30.7 Å². The van der Waals surface area contributed by atoms with Crippen molar-refractivity contribution in [3.05, 3.63) is 66.1 Å². The molecule has 32 heavy (non-hydrogen) atoms. The molecular formula is C23H24N6O2S. The highest BCUT2D eigenvalue weighted by Gasteiger charge is 2.22. The zero-order valence-electron chi connectivity index (χ0n) is 17.8. The molecule has 5 rings (SSSR count). The van der Waals surface area contributed by atoms with Crippen LogP contribution in [0.4, 0.5) is 5.95 Å². The summed E-state index contributed by atoms with van der Waals surface area (Å²) in [6.07, 6.45) is 0.968. The van der Waals surface area contributed by atoms with E-state index in [-0.39, 0.29) is 0 Å². The number of hydrogen-bond donors (Lipinski definition) is 0. The minimum Gasteiger partial charge on any atom is -0.420 e. The Kier molecular flexibility index (Phi) is 6.17. The number of aryl methyl sites for hydroxylation is 1. The molecule has 0 atom stereocenters. The van der Waals surface area contributed by atoms with Crippen molar-refractivity contribution in [2.75, 3.05) is 31.2 Å². The van der Waals surface area contributed by atoms with Gasteiger partial charge in [-0.1, -0.05) is 49.0 Å². The highest BCUT2D eigenvalue weighted by atomic mass is 32.2. The molecule has 3 heterocycles. The number of anilines is 1. The summed E-state index contributed by atoms with van der Waals surface area (Å²) < 4.78 is 13.5. The zero-order chi connectivity index (χ0) is 21.8. The Morgan fingerprint density at radius 2 is 1.78 bits per heavy atom. The second kappa shape index (κ2) is 9.54. The molecule has 4 aromatic rings. The Morgan fingerprint density at radius 3 is 2.59 bits per heavy atom. The van der Waals surface area contributed by atoms with Crippen LogP contribution in [0, 0.1) is 0 Å². The summed E-state index contributed by atoms with van der Waals surface area (Å²) >= 11 is 1.54. The summed E-state index contributed by atoms with van der Waals surface area (Å²) in [7, 11) is 0. The maximum absolute atomic E-state index is 5.87. The number of morpholine rings is 1. The van der Waals surface area contributed by atoms with Crippen molar-refractivity contribution in [2.24, 2.45) is 0 Å². The molecule has 0 amide bonds. The third-order valence-electron chi connectivity index (χ3n) is 5.30. The van der Waals surface area contributed by atoms with Crippen LogP contribution in [-0.2, 0) is 16.9 Å². The van der Waals surface area contributed by atoms with Gasteiger partial charge in [0.05, 0.1) is 24.7 Å². The third kappa shape index (κ3) is 4.39. The van der Waals surface area contributed by atoms with Crippen LogP contribution in [-0.4, -0.2) is 51.3 Å². The van der Waals surface area contributed by atoms with E-state index < -0.39 is 0 Å². The Hall–Kier alpha value is -3.17. The van der Waals surface area contributed by atoms with E-state index in [1.807, 2.05) is 30.3 Å². The van der Waals surface area contributed by atoms with Gasteiger partial charge in [-0.15, -0.1) is 20.4 Å². The van der Waals surface area contributed by atoms with Gasteiger partial charge in [0.25, 0.3) is 0 Å². The molecule has 2 aromatic heterocycles. The largest absolute Gasteiger partial charge is 0.420 e. The van der Waals surface area contributed by atoms with Crippen molar-refractivity contribution >= 4 is 17.7 Å². The molecule has 8 nitrogen and oxygen atoms in total. The smallest absolute Gasteiger partial charge is 0.247 e. The molecule has 2 aromatic carbocycles. The van der Waals surface area contributed by atoms with Crippen LogP contribution in [0.2, 0.25) is 0 Å². The van der Waals surface area contributed by atoms with Gasteiger partial charge < -0.3 is 14.1 Å². The summed E-state index contributed by atoms with van der Waals surface area (Å²) in [5.41, 5.74) is 3.23. The van der Waals surface area contributed by atoms with Gasteiger partial charge in [-0.2, -0.15) is 0 Å². The number of aromatic nitrogens is 5. The van der Waals surface area contributed by atoms with E-state index in [4.69, 9.17) is 9.15 Å². The van der Waals surface area contributed by atoms with Gasteiger partial charge >= 0.3 is 0 Å². The van der Waals surface area contributed by atoms with E-state index in [1.54, 1.807) is 0 Å². The first kappa shape index (κ1) is 20.7. The number of hydrogen-bond acceptors (Lipinski definition) is 8. The van der Waals surface area contributed by atoms with Gasteiger partial charge in [0.2, 0.25) is 17.7 Å². The minimum absolute atomic E-state index is 0.508. The van der Waals surface area contributed by atoms with Gasteiger partial charge in [0.15, 0.2) is 5.16 Å². The summed E-state index contributed by atoms with van der Waals surface area (Å²) in [6.45, 7) is 5.12. The SMILES string of the molecule is CCc1cccc(-n2c(SCc3nnc(-c4ccccc4)o3)nnc2N2CCOCC2)c1. The van der Waals surface area contributed by atoms with Crippen LogP contribution in [0.1, 0.15) is 18.4 Å². The number of thioether (sulfide) groups is 1. The van der Waals surface area contributed by atoms with Crippen LogP contribution < -0.4 is 4.90 Å². The van der Waals surface area contributed by atoms with Crippen LogP contribution >= 0.6 is 11.8 Å². The number of benzene rings is 2. The molecule has 1 aliphatic heterocycles. The lowest BCUT2D eigenvalue weighted by molar-refractivity contribution is 0.122. The molecule has 0 N–H and O–H groups in total. The van der Waals surface area contributed by atoms with Crippen LogP contribution in [0.3, 0.4) is 0 Å². The lowest BCUT2D eigenvalue weighted by Gasteiger charge is -2.28. The number of ether oxygens (including phenoxy) is 1. The van der Waals surface area contributed by atoms with Crippen LogP contribution in [0.25, 0.3) is 17.1 Å². The molecule has 164 valence electrons. The van der Waals surface area contributed by atoms with Gasteiger partial charge in [-0.25, -0.2) is 0 Å². The fraction of sp³-hybridized carbons (Fsp3) is 0.304. The van der Waals surface area contributed by atoms with E-state index in [2.05, 4.69) is 61.1 Å². The maximum atomic E-state index is 5.87. The number of nitrogens with zero attached hydrogens (tertiary/aromatic N) is 6. The van der Waals surface area contributed by atoms with Crippen molar-refractivity contribution < 1.29 is 9.15 Å². The summed E-state index contributed by atoms with van der Waals surface area (Å²) in [5.74, 6) is 2.42. The van der Waals surface area contributed by atoms with Crippen molar-refractivity contribution in [3.8, 4) is 17.1 Å². The topological polar surface area (TPSA) is 82.1 Å². The van der Waals surface area contributed by atoms with E-state index >= 15 is 0 Å². The fourth-order valence-electron chi connectivity index (χ4n) is 3.60. The highest BCUT2D eigenvalue weighted by molar-refractivity contribution is 7.98.